The number of aryl methyl sites for hydroxylation is 1. The number of hydrogen-bond acceptors (Lipinski definition) is 0. The van der Waals surface area contributed by atoms with Crippen molar-refractivity contribution in [1.82, 2.24) is 4.57 Å². The second-order valence-corrected chi connectivity index (χ2v) is 9.12. The maximum absolute atomic E-state index is 6.73. The predicted octanol–water partition coefficient (Wildman–Crippen LogP) is 7.60. The van der Waals surface area contributed by atoms with E-state index in [-0.39, 0.29) is 5.54 Å². The summed E-state index contributed by atoms with van der Waals surface area (Å²) in [6.45, 7) is 5.43. The molecule has 1 heterocycles. The summed E-state index contributed by atoms with van der Waals surface area (Å²) in [5, 5.41) is 1.31. The van der Waals surface area contributed by atoms with Crippen molar-refractivity contribution in [3.05, 3.63) is 58.1 Å². The molecule has 0 aliphatic heterocycles. The molecule has 1 aromatic heterocycles. The summed E-state index contributed by atoms with van der Waals surface area (Å²) in [7, 11) is 0. The number of allylic oxidation sites excluding steroid dienone is 1. The fourth-order valence-corrected chi connectivity index (χ4v) is 4.95. The lowest BCUT2D eigenvalue weighted by atomic mass is 9.81. The van der Waals surface area contributed by atoms with E-state index in [1.165, 1.54) is 56.1 Å². The molecular formula is C25H35Cl2N2+. The minimum atomic E-state index is -0.153. The van der Waals surface area contributed by atoms with Crippen molar-refractivity contribution in [1.29, 1.82) is 0 Å². The molecule has 1 aliphatic rings. The molecule has 2 nitrogen and oxygen atoms in total. The van der Waals surface area contributed by atoms with Crippen molar-refractivity contribution >= 4 is 29.3 Å². The molecular weight excluding hydrogens is 399 g/mol. The largest absolute Gasteiger partial charge is 0.255 e. The number of hydrogen-bond donors (Lipinski definition) is 0. The number of halogens is 2. The van der Waals surface area contributed by atoms with E-state index in [4.69, 9.17) is 23.2 Å². The molecule has 1 atom stereocenters. The van der Waals surface area contributed by atoms with Crippen molar-refractivity contribution < 1.29 is 4.57 Å². The highest BCUT2D eigenvalue weighted by Crippen LogP contribution is 2.37. The molecule has 0 spiro atoms. The molecule has 1 unspecified atom stereocenters. The molecule has 158 valence electrons. The number of fused-ring (bicyclic) bond motifs is 1. The maximum atomic E-state index is 6.73. The Morgan fingerprint density at radius 2 is 1.66 bits per heavy atom. The van der Waals surface area contributed by atoms with E-state index in [0.29, 0.717) is 10.3 Å². The first-order valence-corrected chi connectivity index (χ1v) is 12.1. The topological polar surface area (TPSA) is 8.81 Å². The number of unbranched alkanes of at least 4 members (excludes halogenated alkanes) is 7. The summed E-state index contributed by atoms with van der Waals surface area (Å²) in [6.07, 6.45) is 19.1. The van der Waals surface area contributed by atoms with Crippen molar-refractivity contribution in [2.75, 3.05) is 0 Å². The maximum Gasteiger partial charge on any atom is 0.255 e. The number of nitrogens with zero attached hydrogens (tertiary/aromatic N) is 2. The van der Waals surface area contributed by atoms with Crippen LogP contribution >= 0.6 is 23.2 Å². The molecule has 0 fully saturated rings. The average molecular weight is 434 g/mol. The van der Waals surface area contributed by atoms with Gasteiger partial charge in [-0.2, -0.15) is 0 Å². The Labute approximate surface area is 186 Å². The highest BCUT2D eigenvalue weighted by molar-refractivity contribution is 6.39. The van der Waals surface area contributed by atoms with Crippen LogP contribution in [0.1, 0.15) is 82.8 Å². The van der Waals surface area contributed by atoms with Crippen molar-refractivity contribution in [3.8, 4) is 0 Å². The van der Waals surface area contributed by atoms with E-state index in [0.717, 1.165) is 25.8 Å². The molecule has 0 amide bonds. The number of aromatic nitrogens is 2. The molecule has 0 N–H and O–H groups in total. The molecule has 0 saturated carbocycles. The number of benzene rings is 1. The van der Waals surface area contributed by atoms with E-state index in [9.17, 15) is 0 Å². The molecule has 0 radical (unpaired) electrons. The second kappa shape index (κ2) is 10.7. The van der Waals surface area contributed by atoms with Crippen LogP contribution in [0.3, 0.4) is 0 Å². The van der Waals surface area contributed by atoms with Gasteiger partial charge in [-0.05, 0) is 59.7 Å². The molecule has 0 saturated heterocycles. The second-order valence-electron chi connectivity index (χ2n) is 8.40. The average Bonchev–Trinajstić information content (AvgIpc) is 3.04. The van der Waals surface area contributed by atoms with E-state index in [1.807, 2.05) is 0 Å². The van der Waals surface area contributed by atoms with E-state index in [1.54, 1.807) is 0 Å². The molecule has 2 aromatic rings. The Balaban J connectivity index is 1.64. The van der Waals surface area contributed by atoms with Gasteiger partial charge in [0.2, 0.25) is 6.33 Å². The Hall–Kier alpha value is -1.25. The van der Waals surface area contributed by atoms with Crippen LogP contribution in [0.15, 0.2) is 36.7 Å². The van der Waals surface area contributed by atoms with Crippen LogP contribution in [0.4, 0.5) is 0 Å². The van der Waals surface area contributed by atoms with Gasteiger partial charge >= 0.3 is 0 Å². The van der Waals surface area contributed by atoms with Gasteiger partial charge in [0.25, 0.3) is 10.3 Å². The van der Waals surface area contributed by atoms with Gasteiger partial charge in [0.15, 0.2) is 0 Å². The smallest absolute Gasteiger partial charge is 0.219 e. The predicted molar refractivity (Wildman–Crippen MR) is 125 cm³/mol. The zero-order valence-electron chi connectivity index (χ0n) is 18.0. The Kier molecular flexibility index (Phi) is 8.26. The lowest BCUT2D eigenvalue weighted by Gasteiger charge is -2.30. The minimum Gasteiger partial charge on any atom is -0.219 e. The van der Waals surface area contributed by atoms with Gasteiger partial charge in [0.1, 0.15) is 5.54 Å². The van der Waals surface area contributed by atoms with E-state index in [2.05, 4.69) is 65.7 Å². The van der Waals surface area contributed by atoms with Gasteiger partial charge in [-0.15, -0.1) is 0 Å². The number of imidazole rings is 1. The van der Waals surface area contributed by atoms with E-state index < -0.39 is 0 Å². The van der Waals surface area contributed by atoms with Crippen molar-refractivity contribution in [2.24, 2.45) is 0 Å². The Morgan fingerprint density at radius 1 is 0.966 bits per heavy atom. The third-order valence-corrected chi connectivity index (χ3v) is 7.21. The first kappa shape index (κ1) is 22.4. The monoisotopic (exact) mass is 433 g/mol. The zero-order valence-corrected chi connectivity index (χ0v) is 19.5. The van der Waals surface area contributed by atoms with Gasteiger partial charge in [-0.25, -0.2) is 9.13 Å². The molecule has 4 heteroatoms. The highest BCUT2D eigenvalue weighted by atomic mass is 35.5. The highest BCUT2D eigenvalue weighted by Gasteiger charge is 2.39. The summed E-state index contributed by atoms with van der Waals surface area (Å²) >= 11 is 13.4. The minimum absolute atomic E-state index is 0.153. The molecule has 29 heavy (non-hydrogen) atoms. The van der Waals surface area contributed by atoms with Gasteiger partial charge in [0, 0.05) is 6.42 Å². The third-order valence-electron chi connectivity index (χ3n) is 6.36. The van der Waals surface area contributed by atoms with Crippen LogP contribution in [0.2, 0.25) is 10.3 Å². The van der Waals surface area contributed by atoms with Gasteiger partial charge in [-0.3, -0.25) is 0 Å². The molecule has 0 bridgehead atoms. The fourth-order valence-electron chi connectivity index (χ4n) is 4.41. The zero-order chi connectivity index (χ0) is 20.7. The first-order chi connectivity index (χ1) is 14.1. The lowest BCUT2D eigenvalue weighted by Crippen LogP contribution is -2.38. The van der Waals surface area contributed by atoms with Gasteiger partial charge < -0.3 is 0 Å². The van der Waals surface area contributed by atoms with Gasteiger partial charge in [-0.1, -0.05) is 82.7 Å². The van der Waals surface area contributed by atoms with Crippen LogP contribution in [-0.4, -0.2) is 4.57 Å². The Bertz CT molecular complexity index is 824. The summed E-state index contributed by atoms with van der Waals surface area (Å²) < 4.78 is 4.32. The third kappa shape index (κ3) is 5.27. The van der Waals surface area contributed by atoms with Crippen molar-refractivity contribution in [3.63, 3.8) is 0 Å². The molecule has 1 aliphatic carbocycles. The number of rotatable bonds is 11. The molecule has 1 aromatic carbocycles. The van der Waals surface area contributed by atoms with Crippen LogP contribution in [-0.2, 0) is 18.5 Å². The van der Waals surface area contributed by atoms with Crippen LogP contribution in [0.25, 0.3) is 6.08 Å². The standard InChI is InChI=1S/C25H35Cl2N2/c1-3-5-6-7-8-9-10-13-18-28-20-29(24(27)23(28)26)25(4-2)17-16-21-14-11-12-15-22(21)19-25/h11-12,14-17,20H,3-10,13,18-19H2,1-2H3/q+1. The lowest BCUT2D eigenvalue weighted by molar-refractivity contribution is -0.695. The van der Waals surface area contributed by atoms with Crippen LogP contribution < -0.4 is 4.57 Å². The van der Waals surface area contributed by atoms with Crippen LogP contribution in [0.5, 0.6) is 0 Å². The molecule has 3 rings (SSSR count). The first-order valence-electron chi connectivity index (χ1n) is 11.3. The van der Waals surface area contributed by atoms with Crippen LogP contribution in [0, 0.1) is 0 Å². The summed E-state index contributed by atoms with van der Waals surface area (Å²) in [4.78, 5) is 0. The van der Waals surface area contributed by atoms with E-state index >= 15 is 0 Å². The SMILES string of the molecule is CCCCCCCCCC[n+]1cn(C2(CC)C=Cc3ccccc3C2)c(Cl)c1Cl. The Morgan fingerprint density at radius 3 is 2.38 bits per heavy atom. The quantitative estimate of drug-likeness (QED) is 0.254. The van der Waals surface area contributed by atoms with Crippen molar-refractivity contribution in [2.45, 2.75) is 90.1 Å². The summed E-state index contributed by atoms with van der Waals surface area (Å²) in [5.74, 6) is 0. The van der Waals surface area contributed by atoms with Gasteiger partial charge in [0.05, 0.1) is 6.54 Å². The fraction of sp³-hybridized carbons (Fsp3) is 0.560. The summed E-state index contributed by atoms with van der Waals surface area (Å²) in [6, 6.07) is 8.61. The normalized spacial score (nSPS) is 18.2. The summed E-state index contributed by atoms with van der Waals surface area (Å²) in [5.41, 5.74) is 2.52.